The van der Waals surface area contributed by atoms with E-state index in [4.69, 9.17) is 9.47 Å². The molecule has 4 heterocycles. The minimum absolute atomic E-state index is 0. The van der Waals surface area contributed by atoms with E-state index in [1.54, 1.807) is 18.2 Å². The molecule has 3 aliphatic heterocycles. The van der Waals surface area contributed by atoms with Gasteiger partial charge in [-0.25, -0.2) is 4.98 Å². The average Bonchev–Trinajstić information content (AvgIpc) is 3.31. The van der Waals surface area contributed by atoms with Crippen molar-refractivity contribution in [1.82, 2.24) is 19.4 Å². The highest BCUT2D eigenvalue weighted by Crippen LogP contribution is 2.39. The lowest BCUT2D eigenvalue weighted by Crippen LogP contribution is -2.45. The van der Waals surface area contributed by atoms with Gasteiger partial charge in [-0.05, 0) is 42.5 Å². The molecular weight excluding hydrogens is 579 g/mol. The first-order valence-corrected chi connectivity index (χ1v) is 14.1. The van der Waals surface area contributed by atoms with Gasteiger partial charge in [-0.1, -0.05) is 6.07 Å². The van der Waals surface area contributed by atoms with Crippen LogP contribution in [0, 0.1) is 5.92 Å². The molecule has 1 aromatic heterocycles. The van der Waals surface area contributed by atoms with E-state index in [1.165, 1.54) is 0 Å². The summed E-state index contributed by atoms with van der Waals surface area (Å²) in [5, 5.41) is 12.7. The highest BCUT2D eigenvalue weighted by Gasteiger charge is 2.42. The lowest BCUT2D eigenvalue weighted by atomic mass is 9.92. The molecule has 1 aromatic carbocycles. The van der Waals surface area contributed by atoms with Crippen molar-refractivity contribution in [3.05, 3.63) is 41.2 Å². The van der Waals surface area contributed by atoms with Gasteiger partial charge < -0.3 is 29.4 Å². The second kappa shape index (κ2) is 14.0. The molecule has 2 atom stereocenters. The number of ether oxygens (including phenoxy) is 2. The third-order valence-corrected chi connectivity index (χ3v) is 7.86. The molecule has 1 unspecified atom stereocenters. The summed E-state index contributed by atoms with van der Waals surface area (Å²) in [7, 11) is 0. The zero-order valence-corrected chi connectivity index (χ0v) is 24.1. The van der Waals surface area contributed by atoms with Crippen LogP contribution in [0.5, 0.6) is 5.75 Å². The number of carbonyl (C=O) groups excluding carboxylic acids is 1. The Morgan fingerprint density at radius 3 is 2.71 bits per heavy atom. The number of aryl methyl sites for hydroxylation is 1. The van der Waals surface area contributed by atoms with Crippen LogP contribution in [-0.4, -0.2) is 95.1 Å². The Labute approximate surface area is 248 Å². The fraction of sp³-hybridized carbons (Fsp3) is 0.607. The van der Waals surface area contributed by atoms with Gasteiger partial charge in [0.05, 0.1) is 43.9 Å². The second-order valence-electron chi connectivity index (χ2n) is 10.8. The molecule has 0 bridgehead atoms. The first kappa shape index (κ1) is 31.9. The standard InChI is InChI=1S/C28H36F3N5O5.ClH/c29-28(30,31)18-36-24(4-8-34-9-12-40-13-10-34)23-16-22(3-2-19(23)14-20(26(36)39)15-25(37)38)41-11-5-21-17-35-7-1-6-32-27(35)33-21;/h2-3,16-17,20,24H,1,4-15,18H2,(H,32,33)(H,37,38);1H/t20-,24?;/m0./s1. The smallest absolute Gasteiger partial charge is 0.406 e. The minimum atomic E-state index is -4.64. The van der Waals surface area contributed by atoms with Gasteiger partial charge in [-0.2, -0.15) is 13.2 Å². The van der Waals surface area contributed by atoms with Gasteiger partial charge in [-0.15, -0.1) is 12.4 Å². The van der Waals surface area contributed by atoms with Gasteiger partial charge in [-0.3, -0.25) is 14.5 Å². The number of hydrogen-bond acceptors (Lipinski definition) is 7. The maximum absolute atomic E-state index is 13.8. The lowest BCUT2D eigenvalue weighted by molar-refractivity contribution is -0.169. The van der Waals surface area contributed by atoms with E-state index in [0.717, 1.165) is 36.1 Å². The van der Waals surface area contributed by atoms with Crippen molar-refractivity contribution in [1.29, 1.82) is 0 Å². The fourth-order valence-electron chi connectivity index (χ4n) is 5.89. The first-order chi connectivity index (χ1) is 19.7. The highest BCUT2D eigenvalue weighted by atomic mass is 35.5. The van der Waals surface area contributed by atoms with Crippen molar-refractivity contribution in [3.8, 4) is 5.75 Å². The largest absolute Gasteiger partial charge is 0.493 e. The molecule has 1 fully saturated rings. The zero-order chi connectivity index (χ0) is 29.0. The number of morpholine rings is 1. The van der Waals surface area contributed by atoms with E-state index in [-0.39, 0.29) is 25.2 Å². The van der Waals surface area contributed by atoms with Crippen molar-refractivity contribution in [2.45, 2.75) is 50.9 Å². The minimum Gasteiger partial charge on any atom is -0.493 e. The van der Waals surface area contributed by atoms with Crippen LogP contribution in [0.3, 0.4) is 0 Å². The van der Waals surface area contributed by atoms with Crippen LogP contribution in [0.4, 0.5) is 19.1 Å². The Bertz CT molecular complexity index is 1210. The summed E-state index contributed by atoms with van der Waals surface area (Å²) < 4.78 is 54.9. The monoisotopic (exact) mass is 615 g/mol. The number of carboxylic acid groups (broad SMARTS) is 1. The Balaban J connectivity index is 0.00000405. The lowest BCUT2D eigenvalue weighted by Gasteiger charge is -2.35. The van der Waals surface area contributed by atoms with E-state index in [0.29, 0.717) is 62.8 Å². The van der Waals surface area contributed by atoms with Crippen LogP contribution in [0.15, 0.2) is 24.4 Å². The maximum atomic E-state index is 13.8. The summed E-state index contributed by atoms with van der Waals surface area (Å²) in [4.78, 5) is 32.6. The van der Waals surface area contributed by atoms with Crippen molar-refractivity contribution in [2.75, 3.05) is 57.9 Å². The number of carbonyl (C=O) groups is 2. The molecule has 232 valence electrons. The number of benzene rings is 1. The zero-order valence-electron chi connectivity index (χ0n) is 23.3. The van der Waals surface area contributed by atoms with Gasteiger partial charge in [0.15, 0.2) is 0 Å². The van der Waals surface area contributed by atoms with Crippen molar-refractivity contribution < 1.29 is 37.3 Å². The number of alkyl halides is 3. The molecule has 42 heavy (non-hydrogen) atoms. The summed E-state index contributed by atoms with van der Waals surface area (Å²) in [5.41, 5.74) is 2.12. The summed E-state index contributed by atoms with van der Waals surface area (Å²) in [6, 6.07) is 4.33. The number of aliphatic carboxylic acids is 1. The van der Waals surface area contributed by atoms with E-state index in [9.17, 15) is 27.9 Å². The number of halogens is 4. The number of imidazole rings is 1. The van der Waals surface area contributed by atoms with E-state index in [1.807, 2.05) is 6.20 Å². The number of nitrogens with zero attached hydrogens (tertiary/aromatic N) is 4. The molecule has 1 saturated heterocycles. The van der Waals surface area contributed by atoms with Crippen LogP contribution in [0.25, 0.3) is 0 Å². The molecule has 3 aliphatic rings. The van der Waals surface area contributed by atoms with E-state index < -0.39 is 43.0 Å². The van der Waals surface area contributed by atoms with Gasteiger partial charge in [0.1, 0.15) is 12.3 Å². The Hall–Kier alpha value is -3.03. The summed E-state index contributed by atoms with van der Waals surface area (Å²) in [5.74, 6) is -1.77. The van der Waals surface area contributed by atoms with Crippen LogP contribution in [0.1, 0.15) is 42.1 Å². The van der Waals surface area contributed by atoms with Crippen LogP contribution >= 0.6 is 12.4 Å². The van der Waals surface area contributed by atoms with Gasteiger partial charge >= 0.3 is 12.1 Å². The molecule has 0 saturated carbocycles. The number of nitrogens with one attached hydrogen (secondary N) is 1. The van der Waals surface area contributed by atoms with E-state index >= 15 is 0 Å². The van der Waals surface area contributed by atoms with Crippen molar-refractivity contribution >= 4 is 30.2 Å². The first-order valence-electron chi connectivity index (χ1n) is 14.1. The number of aromatic nitrogens is 2. The number of fused-ring (bicyclic) bond motifs is 2. The predicted molar refractivity (Wildman–Crippen MR) is 150 cm³/mol. The number of hydrogen-bond donors (Lipinski definition) is 2. The van der Waals surface area contributed by atoms with Crippen LogP contribution < -0.4 is 10.1 Å². The quantitative estimate of drug-likeness (QED) is 0.418. The maximum Gasteiger partial charge on any atom is 0.406 e. The van der Waals surface area contributed by atoms with Crippen molar-refractivity contribution in [3.63, 3.8) is 0 Å². The summed E-state index contributed by atoms with van der Waals surface area (Å²) in [6.07, 6.45) is -1.28. The predicted octanol–water partition coefficient (Wildman–Crippen LogP) is 3.54. The Morgan fingerprint density at radius 1 is 1.21 bits per heavy atom. The molecule has 14 heteroatoms. The van der Waals surface area contributed by atoms with Crippen LogP contribution in [0.2, 0.25) is 0 Å². The van der Waals surface area contributed by atoms with Gasteiger partial charge in [0, 0.05) is 45.3 Å². The number of rotatable bonds is 10. The van der Waals surface area contributed by atoms with Gasteiger partial charge in [0.25, 0.3) is 0 Å². The topological polar surface area (TPSA) is 109 Å². The van der Waals surface area contributed by atoms with Crippen molar-refractivity contribution in [2.24, 2.45) is 5.92 Å². The normalized spacial score (nSPS) is 21.0. The van der Waals surface area contributed by atoms with Crippen LogP contribution in [-0.2, 0) is 33.7 Å². The number of carboxylic acids is 1. The van der Waals surface area contributed by atoms with Gasteiger partial charge in [0.2, 0.25) is 11.9 Å². The molecule has 0 radical (unpaired) electrons. The molecule has 1 amide bonds. The average molecular weight is 616 g/mol. The fourth-order valence-corrected chi connectivity index (χ4v) is 5.89. The molecule has 2 N–H and O–H groups in total. The molecule has 0 aliphatic carbocycles. The molecule has 5 rings (SSSR count). The summed E-state index contributed by atoms with van der Waals surface area (Å²) in [6.45, 7) is 3.54. The van der Waals surface area contributed by atoms with E-state index in [2.05, 4.69) is 19.8 Å². The summed E-state index contributed by atoms with van der Waals surface area (Å²) >= 11 is 0. The number of amides is 1. The third-order valence-electron chi connectivity index (χ3n) is 7.86. The molecule has 0 spiro atoms. The SMILES string of the molecule is Cl.O=C(O)C[C@@H]1Cc2ccc(OCCc3cn4c(n3)NCCC4)cc2C(CCN2CCOCC2)N(CC(F)(F)F)C1=O. The number of anilines is 1. The Kier molecular flexibility index (Phi) is 10.6. The molecular formula is C28H37ClF3N5O5. The molecule has 10 nitrogen and oxygen atoms in total. The third kappa shape index (κ3) is 8.07. The Morgan fingerprint density at radius 2 is 2.00 bits per heavy atom. The molecule has 2 aromatic rings. The second-order valence-corrected chi connectivity index (χ2v) is 10.8. The highest BCUT2D eigenvalue weighted by molar-refractivity contribution is 5.85.